The van der Waals surface area contributed by atoms with E-state index in [4.69, 9.17) is 24.7 Å². The van der Waals surface area contributed by atoms with Gasteiger partial charge in [0.05, 0.1) is 24.7 Å². The molecule has 0 saturated carbocycles. The third-order valence-electron chi connectivity index (χ3n) is 5.54. The maximum atomic E-state index is 12.6. The quantitative estimate of drug-likeness (QED) is 0.269. The normalized spacial score (nSPS) is 14.3. The lowest BCUT2D eigenvalue weighted by Crippen LogP contribution is -2.21. The number of fused-ring (bicyclic) bond motifs is 1. The van der Waals surface area contributed by atoms with Crippen molar-refractivity contribution < 1.29 is 23.7 Å². The number of ether oxygens (including phenoxy) is 4. The van der Waals surface area contributed by atoms with Gasteiger partial charge in [0, 0.05) is 16.1 Å². The summed E-state index contributed by atoms with van der Waals surface area (Å²) in [6.07, 6.45) is 0.868. The molecule has 2 N–H and O–H groups in total. The van der Waals surface area contributed by atoms with Gasteiger partial charge in [0.1, 0.15) is 23.1 Å². The summed E-state index contributed by atoms with van der Waals surface area (Å²) in [4.78, 5) is 12.6. The molecule has 0 bridgehead atoms. The highest BCUT2D eigenvalue weighted by Crippen LogP contribution is 2.45. The van der Waals surface area contributed by atoms with E-state index in [-0.39, 0.29) is 11.5 Å². The van der Waals surface area contributed by atoms with Gasteiger partial charge in [-0.2, -0.15) is 5.26 Å². The summed E-state index contributed by atoms with van der Waals surface area (Å²) in [5, 5.41) is 9.88. The number of hydrogen-bond acceptors (Lipinski definition) is 7. The van der Waals surface area contributed by atoms with Gasteiger partial charge in [0.15, 0.2) is 11.5 Å². The van der Waals surface area contributed by atoms with Crippen LogP contribution in [0.2, 0.25) is 0 Å². The molecular formula is C28H25BrN2O5. The smallest absolute Gasteiger partial charge is 0.343 e. The van der Waals surface area contributed by atoms with E-state index in [9.17, 15) is 10.1 Å². The molecule has 0 aliphatic carbocycles. The van der Waals surface area contributed by atoms with Crippen LogP contribution in [0, 0.1) is 11.3 Å². The van der Waals surface area contributed by atoms with Crippen LogP contribution in [0.1, 0.15) is 47.7 Å². The van der Waals surface area contributed by atoms with Gasteiger partial charge in [-0.1, -0.05) is 35.0 Å². The summed E-state index contributed by atoms with van der Waals surface area (Å²) in [7, 11) is 0. The van der Waals surface area contributed by atoms with Crippen LogP contribution in [-0.2, 0) is 0 Å². The molecular weight excluding hydrogens is 524 g/mol. The van der Waals surface area contributed by atoms with Crippen molar-refractivity contribution in [2.24, 2.45) is 5.73 Å². The number of carbonyl (C=O) groups excluding carboxylic acids is 1. The Morgan fingerprint density at radius 2 is 1.83 bits per heavy atom. The predicted molar refractivity (Wildman–Crippen MR) is 138 cm³/mol. The van der Waals surface area contributed by atoms with E-state index < -0.39 is 11.9 Å². The van der Waals surface area contributed by atoms with E-state index in [1.165, 1.54) is 0 Å². The Bertz CT molecular complexity index is 1350. The lowest BCUT2D eigenvalue weighted by Gasteiger charge is -2.27. The average Bonchev–Trinajstić information content (AvgIpc) is 2.87. The number of nitrogens with two attached hydrogens (primary N) is 1. The molecule has 8 heteroatoms. The molecule has 0 amide bonds. The third kappa shape index (κ3) is 5.31. The fourth-order valence-corrected chi connectivity index (χ4v) is 4.16. The van der Waals surface area contributed by atoms with Crippen LogP contribution in [-0.4, -0.2) is 19.2 Å². The zero-order valence-electron chi connectivity index (χ0n) is 19.9. The van der Waals surface area contributed by atoms with Crippen molar-refractivity contribution in [1.29, 1.82) is 5.26 Å². The molecule has 0 spiro atoms. The van der Waals surface area contributed by atoms with Crippen LogP contribution in [0.3, 0.4) is 0 Å². The van der Waals surface area contributed by atoms with Gasteiger partial charge in [0.25, 0.3) is 0 Å². The molecule has 1 heterocycles. The first kappa shape index (κ1) is 25.1. The van der Waals surface area contributed by atoms with Gasteiger partial charge in [-0.15, -0.1) is 0 Å². The second-order valence-corrected chi connectivity index (χ2v) is 8.92. The van der Waals surface area contributed by atoms with Gasteiger partial charge < -0.3 is 24.7 Å². The molecule has 1 unspecified atom stereocenters. The number of carbonyl (C=O) groups is 1. The van der Waals surface area contributed by atoms with Gasteiger partial charge in [-0.3, -0.25) is 0 Å². The van der Waals surface area contributed by atoms with Gasteiger partial charge in [-0.05, 0) is 61.4 Å². The molecule has 1 atom stereocenters. The Labute approximate surface area is 218 Å². The summed E-state index contributed by atoms with van der Waals surface area (Å²) >= 11 is 3.35. The molecule has 4 rings (SSSR count). The maximum Gasteiger partial charge on any atom is 0.343 e. The molecule has 3 aromatic carbocycles. The lowest BCUT2D eigenvalue weighted by atomic mass is 9.83. The van der Waals surface area contributed by atoms with Crippen molar-refractivity contribution >= 4 is 21.9 Å². The Morgan fingerprint density at radius 1 is 1.06 bits per heavy atom. The van der Waals surface area contributed by atoms with E-state index in [1.807, 2.05) is 32.0 Å². The molecule has 0 fully saturated rings. The minimum Gasteiger partial charge on any atom is -0.490 e. The van der Waals surface area contributed by atoms with E-state index in [0.717, 1.165) is 16.5 Å². The van der Waals surface area contributed by atoms with Crippen molar-refractivity contribution in [3.63, 3.8) is 0 Å². The van der Waals surface area contributed by atoms with Crippen LogP contribution < -0.4 is 24.7 Å². The Hall–Kier alpha value is -3.96. The molecule has 184 valence electrons. The zero-order chi connectivity index (χ0) is 25.7. The number of halogens is 1. The third-order valence-corrected chi connectivity index (χ3v) is 6.07. The zero-order valence-corrected chi connectivity index (χ0v) is 21.5. The van der Waals surface area contributed by atoms with Gasteiger partial charge in [0.2, 0.25) is 5.88 Å². The predicted octanol–water partition coefficient (Wildman–Crippen LogP) is 6.07. The fraction of sp³-hybridized carbons (Fsp3) is 0.214. The number of hydrogen-bond donors (Lipinski definition) is 1. The Kier molecular flexibility index (Phi) is 7.81. The van der Waals surface area contributed by atoms with E-state index in [2.05, 4.69) is 22.0 Å². The molecule has 3 aromatic rings. The summed E-state index contributed by atoms with van der Waals surface area (Å²) in [5.41, 5.74) is 8.36. The first-order valence-electron chi connectivity index (χ1n) is 11.5. The maximum absolute atomic E-state index is 12.6. The molecule has 1 aliphatic rings. The topological polar surface area (TPSA) is 104 Å². The van der Waals surface area contributed by atoms with Crippen molar-refractivity contribution in [3.8, 4) is 29.1 Å². The summed E-state index contributed by atoms with van der Waals surface area (Å²) in [5.74, 6) is 0.937. The molecule has 0 radical (unpaired) electrons. The second-order valence-electron chi connectivity index (χ2n) is 8.01. The molecule has 36 heavy (non-hydrogen) atoms. The summed E-state index contributed by atoms with van der Waals surface area (Å²) < 4.78 is 23.8. The highest BCUT2D eigenvalue weighted by molar-refractivity contribution is 9.10. The molecule has 7 nitrogen and oxygen atoms in total. The van der Waals surface area contributed by atoms with E-state index >= 15 is 0 Å². The highest BCUT2D eigenvalue weighted by atomic mass is 79.9. The minimum absolute atomic E-state index is 0.00402. The number of nitrogens with zero attached hydrogens (tertiary/aromatic N) is 1. The summed E-state index contributed by atoms with van der Waals surface area (Å²) in [6.45, 7) is 4.96. The standard InChI is InChI=1S/C28H25BrN2O5/c1-3-13-34-23-12-7-18(14-25(23)33-4-2)26-21-11-10-20(15-24(21)36-27(31)22(26)16-30)35-28(32)17-5-8-19(29)9-6-17/h5-12,14-15,26H,3-4,13,31H2,1-2H3. The van der Waals surface area contributed by atoms with Crippen molar-refractivity contribution in [3.05, 3.63) is 93.3 Å². The van der Waals surface area contributed by atoms with Crippen LogP contribution in [0.5, 0.6) is 23.0 Å². The first-order chi connectivity index (χ1) is 17.4. The number of rotatable bonds is 8. The lowest BCUT2D eigenvalue weighted by molar-refractivity contribution is 0.0734. The van der Waals surface area contributed by atoms with Crippen LogP contribution in [0.4, 0.5) is 0 Å². The number of nitriles is 1. The number of allylic oxidation sites excluding steroid dienone is 1. The highest BCUT2D eigenvalue weighted by Gasteiger charge is 2.32. The second kappa shape index (κ2) is 11.2. The van der Waals surface area contributed by atoms with Crippen molar-refractivity contribution in [2.75, 3.05) is 13.2 Å². The Morgan fingerprint density at radius 3 is 2.53 bits per heavy atom. The first-order valence-corrected chi connectivity index (χ1v) is 12.3. The summed E-state index contributed by atoms with van der Waals surface area (Å²) in [6, 6.07) is 19.7. The van der Waals surface area contributed by atoms with Crippen LogP contribution >= 0.6 is 15.9 Å². The van der Waals surface area contributed by atoms with Crippen molar-refractivity contribution in [2.45, 2.75) is 26.2 Å². The largest absolute Gasteiger partial charge is 0.490 e. The van der Waals surface area contributed by atoms with E-state index in [0.29, 0.717) is 47.3 Å². The monoisotopic (exact) mass is 548 g/mol. The minimum atomic E-state index is -0.500. The van der Waals surface area contributed by atoms with Crippen LogP contribution in [0.25, 0.3) is 0 Å². The van der Waals surface area contributed by atoms with Gasteiger partial charge >= 0.3 is 5.97 Å². The molecule has 0 aromatic heterocycles. The SMILES string of the molecule is CCCOc1ccc(C2C(C#N)=C(N)Oc3cc(OC(=O)c4ccc(Br)cc4)ccc32)cc1OCC. The van der Waals surface area contributed by atoms with Gasteiger partial charge in [-0.25, -0.2) is 4.79 Å². The van der Waals surface area contributed by atoms with E-state index in [1.54, 1.807) is 42.5 Å². The fourth-order valence-electron chi connectivity index (χ4n) is 3.90. The molecule has 0 saturated heterocycles. The average molecular weight is 549 g/mol. The van der Waals surface area contributed by atoms with Crippen LogP contribution in [0.15, 0.2) is 76.6 Å². The number of benzene rings is 3. The van der Waals surface area contributed by atoms with Crippen molar-refractivity contribution in [1.82, 2.24) is 0 Å². The number of esters is 1. The molecule has 1 aliphatic heterocycles. The Balaban J connectivity index is 1.69.